The summed E-state index contributed by atoms with van der Waals surface area (Å²) in [6, 6.07) is 0.470. The van der Waals surface area contributed by atoms with E-state index < -0.39 is 0 Å². The number of imidazole rings is 1. The van der Waals surface area contributed by atoms with Gasteiger partial charge in [0.05, 0.1) is 6.04 Å². The molecule has 0 bridgehead atoms. The monoisotopic (exact) mass is 219 g/mol. The second kappa shape index (κ2) is 3.88. The zero-order chi connectivity index (χ0) is 11.1. The molecule has 0 aromatic carbocycles. The Kier molecular flexibility index (Phi) is 2.51. The molecule has 3 nitrogen and oxygen atoms in total. The van der Waals surface area contributed by atoms with Crippen LogP contribution in [-0.2, 0) is 7.05 Å². The van der Waals surface area contributed by atoms with Crippen LogP contribution in [0.3, 0.4) is 0 Å². The number of hydrogen-bond acceptors (Lipinski definition) is 2. The van der Waals surface area contributed by atoms with Gasteiger partial charge in [-0.15, -0.1) is 0 Å². The van der Waals surface area contributed by atoms with E-state index in [4.69, 9.17) is 0 Å². The van der Waals surface area contributed by atoms with Gasteiger partial charge in [-0.1, -0.05) is 6.92 Å². The third-order valence-electron chi connectivity index (χ3n) is 4.31. The summed E-state index contributed by atoms with van der Waals surface area (Å²) in [6.07, 6.45) is 8.28. The minimum Gasteiger partial charge on any atom is -0.337 e. The summed E-state index contributed by atoms with van der Waals surface area (Å²) in [7, 11) is 2.10. The summed E-state index contributed by atoms with van der Waals surface area (Å²) in [5.41, 5.74) is 0. The molecular weight excluding hydrogens is 198 g/mol. The van der Waals surface area contributed by atoms with Crippen molar-refractivity contribution in [2.24, 2.45) is 24.8 Å². The lowest BCUT2D eigenvalue weighted by Crippen LogP contribution is -2.30. The number of aryl methyl sites for hydroxylation is 1. The quantitative estimate of drug-likeness (QED) is 0.840. The predicted molar refractivity (Wildman–Crippen MR) is 63.9 cm³/mol. The van der Waals surface area contributed by atoms with Crippen LogP contribution in [0.2, 0.25) is 0 Å². The Balaban J connectivity index is 1.78. The molecule has 1 heterocycles. The molecule has 16 heavy (non-hydrogen) atoms. The highest BCUT2D eigenvalue weighted by atomic mass is 15.1. The van der Waals surface area contributed by atoms with E-state index in [0.717, 1.165) is 24.3 Å². The highest BCUT2D eigenvalue weighted by Crippen LogP contribution is 2.56. The van der Waals surface area contributed by atoms with E-state index in [0.29, 0.717) is 6.04 Å². The highest BCUT2D eigenvalue weighted by molar-refractivity contribution is 5.07. The van der Waals surface area contributed by atoms with Crippen LogP contribution >= 0.6 is 0 Å². The maximum absolute atomic E-state index is 4.52. The van der Waals surface area contributed by atoms with Gasteiger partial charge in [-0.3, -0.25) is 0 Å². The Bertz CT molecular complexity index is 361. The van der Waals surface area contributed by atoms with Crippen molar-refractivity contribution in [3.8, 4) is 0 Å². The smallest absolute Gasteiger partial charge is 0.125 e. The fourth-order valence-electron chi connectivity index (χ4n) is 3.40. The summed E-state index contributed by atoms with van der Waals surface area (Å²) in [4.78, 5) is 4.52. The number of nitrogens with one attached hydrogen (secondary N) is 1. The van der Waals surface area contributed by atoms with Gasteiger partial charge in [0.1, 0.15) is 5.82 Å². The number of nitrogens with zero attached hydrogens (tertiary/aromatic N) is 2. The summed E-state index contributed by atoms with van der Waals surface area (Å²) in [6.45, 7) is 3.22. The van der Waals surface area contributed by atoms with Crippen LogP contribution in [-0.4, -0.2) is 16.1 Å². The van der Waals surface area contributed by atoms with Crippen molar-refractivity contribution < 1.29 is 0 Å². The molecule has 0 saturated heterocycles. The summed E-state index contributed by atoms with van der Waals surface area (Å²) in [5, 5.41) is 3.63. The molecule has 0 aliphatic heterocycles. The van der Waals surface area contributed by atoms with Crippen molar-refractivity contribution in [1.29, 1.82) is 0 Å². The lowest BCUT2D eigenvalue weighted by atomic mass is 9.93. The van der Waals surface area contributed by atoms with Gasteiger partial charge in [-0.2, -0.15) is 0 Å². The molecule has 2 aliphatic rings. The first-order valence-electron chi connectivity index (χ1n) is 6.50. The van der Waals surface area contributed by atoms with Crippen LogP contribution in [0.15, 0.2) is 12.4 Å². The van der Waals surface area contributed by atoms with Gasteiger partial charge in [0, 0.05) is 19.4 Å². The zero-order valence-corrected chi connectivity index (χ0v) is 10.2. The first-order chi connectivity index (χ1) is 7.79. The minimum absolute atomic E-state index is 0.470. The van der Waals surface area contributed by atoms with E-state index in [2.05, 4.69) is 35.0 Å². The maximum atomic E-state index is 4.52. The normalized spacial score (nSPS) is 33.8. The van der Waals surface area contributed by atoms with E-state index in [1.54, 1.807) is 0 Å². The van der Waals surface area contributed by atoms with Gasteiger partial charge >= 0.3 is 0 Å². The molecule has 3 atom stereocenters. The zero-order valence-electron chi connectivity index (χ0n) is 10.2. The number of fused-ring (bicyclic) bond motifs is 1. The van der Waals surface area contributed by atoms with Gasteiger partial charge in [0.2, 0.25) is 0 Å². The Morgan fingerprint density at radius 1 is 1.44 bits per heavy atom. The van der Waals surface area contributed by atoms with E-state index in [9.17, 15) is 0 Å². The second-order valence-corrected chi connectivity index (χ2v) is 5.42. The van der Waals surface area contributed by atoms with Crippen LogP contribution in [0.25, 0.3) is 0 Å². The van der Waals surface area contributed by atoms with Crippen LogP contribution in [0.5, 0.6) is 0 Å². The molecule has 2 aliphatic carbocycles. The van der Waals surface area contributed by atoms with Gasteiger partial charge in [0.25, 0.3) is 0 Å². The number of aromatic nitrogens is 2. The van der Waals surface area contributed by atoms with E-state index >= 15 is 0 Å². The first-order valence-corrected chi connectivity index (χ1v) is 6.50. The first kappa shape index (κ1) is 10.3. The standard InChI is InChI=1S/C13H21N3/c1-3-14-12(13-15-4-5-16(13)2)11-7-9-6-10(9)8-11/h4-5,9-12,14H,3,6-8H2,1-2H3. The van der Waals surface area contributed by atoms with Crippen LogP contribution in [0.4, 0.5) is 0 Å². The molecule has 3 heteroatoms. The maximum Gasteiger partial charge on any atom is 0.125 e. The molecule has 0 radical (unpaired) electrons. The Labute approximate surface area is 97.3 Å². The topological polar surface area (TPSA) is 29.9 Å². The fourth-order valence-corrected chi connectivity index (χ4v) is 3.40. The third kappa shape index (κ3) is 1.67. The second-order valence-electron chi connectivity index (χ2n) is 5.42. The molecule has 0 spiro atoms. The fraction of sp³-hybridized carbons (Fsp3) is 0.769. The van der Waals surface area contributed by atoms with Crippen molar-refractivity contribution >= 4 is 0 Å². The largest absolute Gasteiger partial charge is 0.337 e. The average Bonchev–Trinajstić information content (AvgIpc) is 2.71. The summed E-state index contributed by atoms with van der Waals surface area (Å²) >= 11 is 0. The van der Waals surface area contributed by atoms with Crippen molar-refractivity contribution in [3.63, 3.8) is 0 Å². The summed E-state index contributed by atoms with van der Waals surface area (Å²) < 4.78 is 2.16. The van der Waals surface area contributed by atoms with Gasteiger partial charge in [-0.05, 0) is 43.6 Å². The average molecular weight is 219 g/mol. The van der Waals surface area contributed by atoms with Crippen molar-refractivity contribution in [2.45, 2.75) is 32.2 Å². The van der Waals surface area contributed by atoms with E-state index in [-0.39, 0.29) is 0 Å². The van der Waals surface area contributed by atoms with Crippen LogP contribution in [0.1, 0.15) is 38.1 Å². The van der Waals surface area contributed by atoms with E-state index in [1.165, 1.54) is 25.1 Å². The predicted octanol–water partition coefficient (Wildman–Crippen LogP) is 2.12. The molecule has 1 aromatic rings. The molecule has 0 amide bonds. The number of rotatable bonds is 4. The molecular formula is C13H21N3. The lowest BCUT2D eigenvalue weighted by Gasteiger charge is -2.25. The minimum atomic E-state index is 0.470. The summed E-state index contributed by atoms with van der Waals surface area (Å²) in [5.74, 6) is 4.12. The molecule has 1 N–H and O–H groups in total. The molecule has 2 saturated carbocycles. The van der Waals surface area contributed by atoms with Crippen LogP contribution < -0.4 is 5.32 Å². The molecule has 2 fully saturated rings. The van der Waals surface area contributed by atoms with Gasteiger partial charge < -0.3 is 9.88 Å². The molecule has 3 rings (SSSR count). The SMILES string of the molecule is CCNC(c1nccn1C)C1CC2CC2C1. The Hall–Kier alpha value is -0.830. The third-order valence-corrected chi connectivity index (χ3v) is 4.31. The lowest BCUT2D eigenvalue weighted by molar-refractivity contribution is 0.328. The van der Waals surface area contributed by atoms with Crippen molar-refractivity contribution in [3.05, 3.63) is 18.2 Å². The highest BCUT2D eigenvalue weighted by Gasteiger charge is 2.48. The van der Waals surface area contributed by atoms with Crippen molar-refractivity contribution in [2.75, 3.05) is 6.54 Å². The molecule has 1 aromatic heterocycles. The van der Waals surface area contributed by atoms with Crippen LogP contribution in [0, 0.1) is 17.8 Å². The van der Waals surface area contributed by atoms with Gasteiger partial charge in [0.15, 0.2) is 0 Å². The molecule has 88 valence electrons. The van der Waals surface area contributed by atoms with Crippen molar-refractivity contribution in [1.82, 2.24) is 14.9 Å². The van der Waals surface area contributed by atoms with Gasteiger partial charge in [-0.25, -0.2) is 4.98 Å². The Morgan fingerprint density at radius 3 is 2.75 bits per heavy atom. The Morgan fingerprint density at radius 2 is 2.19 bits per heavy atom. The number of hydrogen-bond donors (Lipinski definition) is 1. The molecule has 3 unspecified atom stereocenters. The van der Waals surface area contributed by atoms with E-state index in [1.807, 2.05) is 6.20 Å².